The molecule has 0 unspecified atom stereocenters. The van der Waals surface area contributed by atoms with Crippen molar-refractivity contribution >= 4 is 23.2 Å². The molecule has 0 aliphatic rings. The van der Waals surface area contributed by atoms with Crippen LogP contribution in [0.25, 0.3) is 0 Å². The number of benzene rings is 2. The van der Waals surface area contributed by atoms with Gasteiger partial charge in [-0.2, -0.15) is 0 Å². The Labute approximate surface area is 111 Å². The molecule has 2 aromatic carbocycles. The van der Waals surface area contributed by atoms with E-state index >= 15 is 0 Å². The van der Waals surface area contributed by atoms with Gasteiger partial charge in [-0.1, -0.05) is 41.9 Å². The van der Waals surface area contributed by atoms with Crippen LogP contribution >= 0.6 is 11.6 Å². The third-order valence-electron chi connectivity index (χ3n) is 2.48. The normalized spacial score (nSPS) is 10.1. The minimum Gasteiger partial charge on any atom is -0.399 e. The first-order chi connectivity index (χ1) is 8.65. The van der Waals surface area contributed by atoms with Crippen LogP contribution < -0.4 is 11.1 Å². The lowest BCUT2D eigenvalue weighted by molar-refractivity contribution is 0.0951. The van der Waals surface area contributed by atoms with Gasteiger partial charge in [0.2, 0.25) is 0 Å². The van der Waals surface area contributed by atoms with E-state index in [1.54, 1.807) is 18.2 Å². The number of nitrogen functional groups attached to an aromatic ring is 1. The van der Waals surface area contributed by atoms with Crippen molar-refractivity contribution < 1.29 is 4.79 Å². The van der Waals surface area contributed by atoms with Crippen LogP contribution in [0.5, 0.6) is 0 Å². The Morgan fingerprint density at radius 2 is 1.89 bits per heavy atom. The lowest BCUT2D eigenvalue weighted by Crippen LogP contribution is -2.22. The van der Waals surface area contributed by atoms with Gasteiger partial charge in [0.25, 0.3) is 5.91 Å². The largest absolute Gasteiger partial charge is 0.399 e. The topological polar surface area (TPSA) is 55.1 Å². The molecule has 3 N–H and O–H groups in total. The first kappa shape index (κ1) is 12.5. The summed E-state index contributed by atoms with van der Waals surface area (Å²) in [4.78, 5) is 11.9. The Hall–Kier alpha value is -2.00. The molecule has 0 spiro atoms. The number of nitrogens with one attached hydrogen (secondary N) is 1. The number of halogens is 1. The highest BCUT2D eigenvalue weighted by molar-refractivity contribution is 6.31. The maximum absolute atomic E-state index is 11.9. The third-order valence-corrected chi connectivity index (χ3v) is 2.70. The fraction of sp³-hybridized carbons (Fsp3) is 0.0714. The van der Waals surface area contributed by atoms with Crippen molar-refractivity contribution in [3.63, 3.8) is 0 Å². The second kappa shape index (κ2) is 5.56. The van der Waals surface area contributed by atoms with Gasteiger partial charge < -0.3 is 11.1 Å². The summed E-state index contributed by atoms with van der Waals surface area (Å²) >= 11 is 5.85. The third kappa shape index (κ3) is 3.25. The molecular weight excluding hydrogens is 248 g/mol. The molecule has 3 nitrogen and oxygen atoms in total. The molecule has 0 atom stereocenters. The SMILES string of the molecule is Nc1cc(Cl)cc(C(=O)NCc2ccccc2)c1. The molecule has 92 valence electrons. The molecule has 0 aromatic heterocycles. The summed E-state index contributed by atoms with van der Waals surface area (Å²) < 4.78 is 0. The van der Waals surface area contributed by atoms with Crippen LogP contribution in [0.2, 0.25) is 5.02 Å². The quantitative estimate of drug-likeness (QED) is 0.834. The summed E-state index contributed by atoms with van der Waals surface area (Å²) in [5.41, 5.74) is 7.63. The highest BCUT2D eigenvalue weighted by atomic mass is 35.5. The van der Waals surface area contributed by atoms with Crippen molar-refractivity contribution in [1.29, 1.82) is 0 Å². The number of anilines is 1. The Morgan fingerprint density at radius 1 is 1.17 bits per heavy atom. The van der Waals surface area contributed by atoms with Crippen molar-refractivity contribution in [3.8, 4) is 0 Å². The first-order valence-corrected chi connectivity index (χ1v) is 5.91. The standard InChI is InChI=1S/C14H13ClN2O/c15-12-6-11(7-13(16)8-12)14(18)17-9-10-4-2-1-3-5-10/h1-8H,9,16H2,(H,17,18). The van der Waals surface area contributed by atoms with Gasteiger partial charge in [-0.15, -0.1) is 0 Å². The number of carbonyl (C=O) groups excluding carboxylic acids is 1. The van der Waals surface area contributed by atoms with E-state index in [0.717, 1.165) is 5.56 Å². The van der Waals surface area contributed by atoms with Crippen molar-refractivity contribution in [2.45, 2.75) is 6.54 Å². The molecule has 2 aromatic rings. The van der Waals surface area contributed by atoms with E-state index in [2.05, 4.69) is 5.32 Å². The molecule has 0 heterocycles. The van der Waals surface area contributed by atoms with Crippen molar-refractivity contribution in [2.75, 3.05) is 5.73 Å². The van der Waals surface area contributed by atoms with Crippen molar-refractivity contribution in [3.05, 3.63) is 64.7 Å². The number of amides is 1. The van der Waals surface area contributed by atoms with Crippen LogP contribution in [0.4, 0.5) is 5.69 Å². The maximum atomic E-state index is 11.9. The van der Waals surface area contributed by atoms with Crippen LogP contribution in [0.15, 0.2) is 48.5 Å². The van der Waals surface area contributed by atoms with E-state index < -0.39 is 0 Å². The van der Waals surface area contributed by atoms with Crippen molar-refractivity contribution in [2.24, 2.45) is 0 Å². The predicted octanol–water partition coefficient (Wildman–Crippen LogP) is 2.85. The Morgan fingerprint density at radius 3 is 2.56 bits per heavy atom. The van der Waals surface area contributed by atoms with E-state index in [0.29, 0.717) is 22.8 Å². The number of hydrogen-bond donors (Lipinski definition) is 2. The number of nitrogens with two attached hydrogens (primary N) is 1. The predicted molar refractivity (Wildman–Crippen MR) is 73.5 cm³/mol. The first-order valence-electron chi connectivity index (χ1n) is 5.53. The summed E-state index contributed by atoms with van der Waals surface area (Å²) in [6, 6.07) is 14.5. The number of carbonyl (C=O) groups is 1. The van der Waals surface area contributed by atoms with E-state index in [1.165, 1.54) is 0 Å². The van der Waals surface area contributed by atoms with Gasteiger partial charge in [-0.05, 0) is 23.8 Å². The lowest BCUT2D eigenvalue weighted by Gasteiger charge is -2.06. The van der Waals surface area contributed by atoms with Crippen LogP contribution in [-0.2, 0) is 6.54 Å². The van der Waals surface area contributed by atoms with Gasteiger partial charge in [0.1, 0.15) is 0 Å². The second-order valence-corrected chi connectivity index (χ2v) is 4.38. The van der Waals surface area contributed by atoms with Gasteiger partial charge in [-0.3, -0.25) is 4.79 Å². The average Bonchev–Trinajstić information content (AvgIpc) is 2.36. The van der Waals surface area contributed by atoms with E-state index in [-0.39, 0.29) is 5.91 Å². The molecule has 0 aliphatic heterocycles. The average molecular weight is 261 g/mol. The highest BCUT2D eigenvalue weighted by Gasteiger charge is 2.07. The second-order valence-electron chi connectivity index (χ2n) is 3.94. The van der Waals surface area contributed by atoms with Crippen LogP contribution in [-0.4, -0.2) is 5.91 Å². The fourth-order valence-electron chi connectivity index (χ4n) is 1.62. The zero-order valence-corrected chi connectivity index (χ0v) is 10.4. The van der Waals surface area contributed by atoms with Gasteiger partial charge in [-0.25, -0.2) is 0 Å². The molecule has 0 saturated heterocycles. The van der Waals surface area contributed by atoms with Crippen LogP contribution in [0, 0.1) is 0 Å². The fourth-order valence-corrected chi connectivity index (χ4v) is 1.87. The summed E-state index contributed by atoms with van der Waals surface area (Å²) in [5, 5.41) is 3.27. The number of hydrogen-bond acceptors (Lipinski definition) is 2. The minimum absolute atomic E-state index is 0.187. The van der Waals surface area contributed by atoms with E-state index in [9.17, 15) is 4.79 Å². The van der Waals surface area contributed by atoms with Gasteiger partial charge in [0.05, 0.1) is 0 Å². The summed E-state index contributed by atoms with van der Waals surface area (Å²) in [7, 11) is 0. The lowest BCUT2D eigenvalue weighted by atomic mass is 10.1. The number of rotatable bonds is 3. The summed E-state index contributed by atoms with van der Waals surface area (Å²) in [6.07, 6.45) is 0. The molecule has 18 heavy (non-hydrogen) atoms. The molecule has 0 fully saturated rings. The summed E-state index contributed by atoms with van der Waals surface area (Å²) in [6.45, 7) is 0.478. The molecule has 0 bridgehead atoms. The van der Waals surface area contributed by atoms with E-state index in [4.69, 9.17) is 17.3 Å². The van der Waals surface area contributed by atoms with Gasteiger partial charge in [0, 0.05) is 22.8 Å². The Balaban J connectivity index is 2.04. The van der Waals surface area contributed by atoms with Crippen LogP contribution in [0.1, 0.15) is 15.9 Å². The van der Waals surface area contributed by atoms with Gasteiger partial charge >= 0.3 is 0 Å². The zero-order valence-electron chi connectivity index (χ0n) is 9.69. The Bertz CT molecular complexity index is 535. The molecule has 1 amide bonds. The zero-order chi connectivity index (χ0) is 13.0. The molecule has 0 aliphatic carbocycles. The van der Waals surface area contributed by atoms with Gasteiger partial charge in [0.15, 0.2) is 0 Å². The summed E-state index contributed by atoms with van der Waals surface area (Å²) in [5.74, 6) is -0.187. The molecule has 0 radical (unpaired) electrons. The molecule has 0 saturated carbocycles. The monoisotopic (exact) mass is 260 g/mol. The molecular formula is C14H13ClN2O. The smallest absolute Gasteiger partial charge is 0.251 e. The Kier molecular flexibility index (Phi) is 3.85. The minimum atomic E-state index is -0.187. The van der Waals surface area contributed by atoms with E-state index in [1.807, 2.05) is 30.3 Å². The molecule has 4 heteroatoms. The van der Waals surface area contributed by atoms with Crippen molar-refractivity contribution in [1.82, 2.24) is 5.32 Å². The highest BCUT2D eigenvalue weighted by Crippen LogP contribution is 2.16. The van der Waals surface area contributed by atoms with Crippen LogP contribution in [0.3, 0.4) is 0 Å². The molecule has 2 rings (SSSR count). The maximum Gasteiger partial charge on any atom is 0.251 e.